The van der Waals surface area contributed by atoms with Gasteiger partial charge in [0.2, 0.25) is 0 Å². The molecule has 0 heterocycles. The second-order valence-corrected chi connectivity index (χ2v) is 14.2. The van der Waals surface area contributed by atoms with Crippen LogP contribution in [0.2, 0.25) is 0 Å². The summed E-state index contributed by atoms with van der Waals surface area (Å²) in [6, 6.07) is -0.727. The Morgan fingerprint density at radius 3 is 1.65 bits per heavy atom. The van der Waals surface area contributed by atoms with Gasteiger partial charge in [0.05, 0.1) is 40.3 Å². The summed E-state index contributed by atoms with van der Waals surface area (Å²) in [5, 5.41) is 11.6. The number of carboxylic acid groups (broad SMARTS) is 1. The van der Waals surface area contributed by atoms with E-state index in [0.717, 1.165) is 77.0 Å². The van der Waals surface area contributed by atoms with Crippen molar-refractivity contribution in [2.75, 3.05) is 41.0 Å². The molecule has 2 unspecified atom stereocenters. The predicted molar refractivity (Wildman–Crippen MR) is 199 cm³/mol. The molecule has 0 aliphatic heterocycles. The number of quaternary nitrogens is 1. The van der Waals surface area contributed by atoms with E-state index in [4.69, 9.17) is 14.2 Å². The van der Waals surface area contributed by atoms with E-state index < -0.39 is 18.1 Å². The van der Waals surface area contributed by atoms with Gasteiger partial charge in [0.1, 0.15) is 12.6 Å². The molecule has 0 saturated carbocycles. The fourth-order valence-corrected chi connectivity index (χ4v) is 5.39. The van der Waals surface area contributed by atoms with Gasteiger partial charge in [0, 0.05) is 19.3 Å². The highest BCUT2D eigenvalue weighted by Crippen LogP contribution is 2.12. The SMILES string of the molecule is CCCC/C=C/CCCCCCC(=O)OCC(COCCC(C(=O)[O-])[N+](C)(C)C)OC(=O)CCCCCCCC/C=C/C=C/CCCCC. The van der Waals surface area contributed by atoms with E-state index in [1.807, 2.05) is 0 Å². The molecule has 0 spiro atoms. The van der Waals surface area contributed by atoms with Crippen molar-refractivity contribution in [1.29, 1.82) is 0 Å². The average Bonchev–Trinajstić information content (AvgIpc) is 3.05. The lowest BCUT2D eigenvalue weighted by Crippen LogP contribution is -2.55. The number of carbonyl (C=O) groups excluding carboxylic acids is 3. The minimum atomic E-state index is -1.13. The number of hydrogen-bond acceptors (Lipinski definition) is 7. The lowest BCUT2D eigenvalue weighted by Gasteiger charge is -2.34. The quantitative estimate of drug-likeness (QED) is 0.0219. The van der Waals surface area contributed by atoms with Gasteiger partial charge in [-0.15, -0.1) is 0 Å². The summed E-state index contributed by atoms with van der Waals surface area (Å²) < 4.78 is 17.1. The third kappa shape index (κ3) is 31.3. The highest BCUT2D eigenvalue weighted by atomic mass is 16.6. The number of esters is 2. The molecule has 0 aromatic carbocycles. The first-order valence-electron chi connectivity index (χ1n) is 19.5. The second kappa shape index (κ2) is 32.7. The van der Waals surface area contributed by atoms with E-state index in [1.54, 1.807) is 21.1 Å². The third-order valence-corrected chi connectivity index (χ3v) is 8.53. The van der Waals surface area contributed by atoms with Crippen LogP contribution >= 0.6 is 0 Å². The van der Waals surface area contributed by atoms with Crippen molar-refractivity contribution < 1.29 is 38.2 Å². The zero-order chi connectivity index (χ0) is 36.4. The number of nitrogens with zero attached hydrogens (tertiary/aromatic N) is 1. The molecule has 0 aliphatic rings. The second-order valence-electron chi connectivity index (χ2n) is 14.2. The number of carboxylic acids is 1. The van der Waals surface area contributed by atoms with Crippen LogP contribution in [0.25, 0.3) is 0 Å². The van der Waals surface area contributed by atoms with Crippen LogP contribution in [0.1, 0.15) is 155 Å². The van der Waals surface area contributed by atoms with E-state index in [2.05, 4.69) is 50.3 Å². The predicted octanol–water partition coefficient (Wildman–Crippen LogP) is 8.57. The van der Waals surface area contributed by atoms with Crippen molar-refractivity contribution in [1.82, 2.24) is 0 Å². The molecule has 0 aromatic rings. The van der Waals surface area contributed by atoms with Crippen LogP contribution in [0.3, 0.4) is 0 Å². The summed E-state index contributed by atoms with van der Waals surface area (Å²) in [5.74, 6) is -1.77. The van der Waals surface area contributed by atoms with Crippen molar-refractivity contribution in [3.63, 3.8) is 0 Å². The zero-order valence-electron chi connectivity index (χ0n) is 32.1. The molecular formula is C41H73NO7. The first-order chi connectivity index (χ1) is 23.6. The fourth-order valence-electron chi connectivity index (χ4n) is 5.39. The lowest BCUT2D eigenvalue weighted by molar-refractivity contribution is -0.889. The van der Waals surface area contributed by atoms with Gasteiger partial charge in [-0.3, -0.25) is 9.59 Å². The summed E-state index contributed by atoms with van der Waals surface area (Å²) in [6.07, 6.45) is 34.5. The first-order valence-corrected chi connectivity index (χ1v) is 19.5. The van der Waals surface area contributed by atoms with E-state index in [9.17, 15) is 19.5 Å². The molecule has 49 heavy (non-hydrogen) atoms. The Hall–Kier alpha value is -2.45. The van der Waals surface area contributed by atoms with Crippen LogP contribution in [0.5, 0.6) is 0 Å². The topological polar surface area (TPSA) is 102 Å². The minimum Gasteiger partial charge on any atom is -0.544 e. The number of aliphatic carboxylic acids is 1. The van der Waals surface area contributed by atoms with Crippen molar-refractivity contribution in [2.24, 2.45) is 0 Å². The molecule has 0 aliphatic carbocycles. The smallest absolute Gasteiger partial charge is 0.306 e. The summed E-state index contributed by atoms with van der Waals surface area (Å²) in [4.78, 5) is 36.6. The highest BCUT2D eigenvalue weighted by molar-refractivity contribution is 5.70. The van der Waals surface area contributed by atoms with Crippen molar-refractivity contribution >= 4 is 17.9 Å². The number of ether oxygens (including phenoxy) is 3. The largest absolute Gasteiger partial charge is 0.544 e. The van der Waals surface area contributed by atoms with Gasteiger partial charge in [-0.1, -0.05) is 115 Å². The lowest BCUT2D eigenvalue weighted by atomic mass is 10.1. The maximum atomic E-state index is 12.6. The Labute approximate surface area is 300 Å². The number of allylic oxidation sites excluding steroid dienone is 6. The van der Waals surface area contributed by atoms with Gasteiger partial charge in [0.15, 0.2) is 6.10 Å². The molecule has 0 bridgehead atoms. The Morgan fingerprint density at radius 1 is 0.612 bits per heavy atom. The van der Waals surface area contributed by atoms with Crippen molar-refractivity contribution in [2.45, 2.75) is 167 Å². The number of unbranched alkanes of at least 4 members (excludes halogenated alkanes) is 15. The van der Waals surface area contributed by atoms with Gasteiger partial charge in [0.25, 0.3) is 0 Å². The van der Waals surface area contributed by atoms with Crippen LogP contribution in [0.4, 0.5) is 0 Å². The molecule has 0 fully saturated rings. The maximum Gasteiger partial charge on any atom is 0.306 e. The van der Waals surface area contributed by atoms with E-state index in [0.29, 0.717) is 12.8 Å². The molecule has 284 valence electrons. The summed E-state index contributed by atoms with van der Waals surface area (Å²) in [5.41, 5.74) is 0. The van der Waals surface area contributed by atoms with Crippen LogP contribution in [-0.4, -0.2) is 75.5 Å². The van der Waals surface area contributed by atoms with Crippen LogP contribution in [0, 0.1) is 0 Å². The zero-order valence-corrected chi connectivity index (χ0v) is 32.1. The Kier molecular flexibility index (Phi) is 31.1. The molecule has 2 atom stereocenters. The molecule has 0 aromatic heterocycles. The molecule has 0 amide bonds. The standard InChI is InChI=1S/C41H73NO7/c1-6-8-10-12-14-16-18-19-20-21-22-24-26-28-30-32-40(44)49-37(35-47-34-33-38(41(45)46)42(3,4)5)36-48-39(43)31-29-27-25-23-17-15-13-11-9-7-2/h13-16,18-19,37-38H,6-12,17,20-36H2,1-5H3/b15-13+,16-14+,19-18+. The van der Waals surface area contributed by atoms with Gasteiger partial charge in [-0.05, 0) is 57.8 Å². The van der Waals surface area contributed by atoms with E-state index in [1.165, 1.54) is 44.9 Å². The third-order valence-electron chi connectivity index (χ3n) is 8.53. The Morgan fingerprint density at radius 2 is 1.10 bits per heavy atom. The summed E-state index contributed by atoms with van der Waals surface area (Å²) in [6.45, 7) is 4.54. The molecule has 8 heteroatoms. The number of carbonyl (C=O) groups is 3. The Balaban J connectivity index is 4.44. The molecule has 0 N–H and O–H groups in total. The fraction of sp³-hybridized carbons (Fsp3) is 0.780. The van der Waals surface area contributed by atoms with Gasteiger partial charge < -0.3 is 28.6 Å². The molecule has 8 nitrogen and oxygen atoms in total. The van der Waals surface area contributed by atoms with Crippen LogP contribution in [-0.2, 0) is 28.6 Å². The first kappa shape index (κ1) is 46.5. The van der Waals surface area contributed by atoms with E-state index >= 15 is 0 Å². The molecule has 0 rings (SSSR count). The maximum absolute atomic E-state index is 12.6. The molecule has 0 saturated heterocycles. The van der Waals surface area contributed by atoms with Crippen molar-refractivity contribution in [3.8, 4) is 0 Å². The van der Waals surface area contributed by atoms with Crippen molar-refractivity contribution in [3.05, 3.63) is 36.5 Å². The number of hydrogen-bond donors (Lipinski definition) is 0. The summed E-state index contributed by atoms with van der Waals surface area (Å²) >= 11 is 0. The van der Waals surface area contributed by atoms with Crippen LogP contribution in [0.15, 0.2) is 36.5 Å². The average molecular weight is 692 g/mol. The number of likely N-dealkylation sites (N-methyl/N-ethyl adjacent to an activating group) is 1. The monoisotopic (exact) mass is 692 g/mol. The number of rotatable bonds is 34. The highest BCUT2D eigenvalue weighted by Gasteiger charge is 2.25. The van der Waals surface area contributed by atoms with Crippen LogP contribution < -0.4 is 5.11 Å². The molecular weight excluding hydrogens is 618 g/mol. The van der Waals surface area contributed by atoms with Gasteiger partial charge in [-0.2, -0.15) is 0 Å². The summed E-state index contributed by atoms with van der Waals surface area (Å²) in [7, 11) is 5.39. The van der Waals surface area contributed by atoms with Gasteiger partial charge in [-0.25, -0.2) is 0 Å². The minimum absolute atomic E-state index is 0.0325. The van der Waals surface area contributed by atoms with E-state index in [-0.39, 0.29) is 42.7 Å². The molecule has 0 radical (unpaired) electrons. The van der Waals surface area contributed by atoms with Gasteiger partial charge >= 0.3 is 11.9 Å². The Bertz CT molecular complexity index is 906. The normalized spacial score (nSPS) is 13.4.